The molecule has 0 saturated heterocycles. The van der Waals surface area contributed by atoms with Crippen molar-refractivity contribution in [1.82, 2.24) is 0 Å². The van der Waals surface area contributed by atoms with Gasteiger partial charge in [-0.3, -0.25) is 33.5 Å². The smallest absolute Gasteiger partial charge is 0.319 e. The second-order valence-electron chi connectivity index (χ2n) is 15.3. The third-order valence-corrected chi connectivity index (χ3v) is 15.3. The summed E-state index contributed by atoms with van der Waals surface area (Å²) in [5.74, 6) is -4.71. The zero-order valence-corrected chi connectivity index (χ0v) is 45.8. The summed E-state index contributed by atoms with van der Waals surface area (Å²) < 4.78 is 114. The summed E-state index contributed by atoms with van der Waals surface area (Å²) in [6.45, 7) is -0.534. The molecule has 36 nitrogen and oxygen atoms in total. The fourth-order valence-electron chi connectivity index (χ4n) is 6.83. The number of aromatic hydroxyl groups is 4. The standard InChI is InChI=1S/C40H28N10O26S6.Fe/c51-32-8-7-28(39(53)36(32)47-46-30-13-19(49(55)56)14-31(38(30)52)50(57)58)44-45-29-16-22(81(64,65)66)11-18-12-33(78-75-72-60)37(40(54)35(18)29)48-42-26-6-5-25(23-3-1-20(15-24(23)26)77-74-71-59)41-43-27-4-2-21(17-34(27)82(67,68)69)80(62,63)10-9-70-79-76-73-61;/h1-8,11-17,51-54,59-61H,9-10H2,(H,64,65,66)(H,67,68,69);. The third kappa shape index (κ3) is 15.5. The molecule has 0 aliphatic carbocycles. The van der Waals surface area contributed by atoms with Gasteiger partial charge in [0.1, 0.15) is 33.4 Å². The maximum Gasteiger partial charge on any atom is 0.319 e. The number of sulfone groups is 1. The van der Waals surface area contributed by atoms with Gasteiger partial charge in [0.05, 0.1) is 89.5 Å². The van der Waals surface area contributed by atoms with Crippen LogP contribution in [0.3, 0.4) is 0 Å². The van der Waals surface area contributed by atoms with Gasteiger partial charge >= 0.3 is 5.69 Å². The number of hydrogen-bond acceptors (Lipinski definition) is 35. The molecule has 0 aliphatic rings. The van der Waals surface area contributed by atoms with Crippen LogP contribution in [0.15, 0.2) is 156 Å². The Morgan fingerprint density at radius 3 is 1.80 bits per heavy atom. The monoisotopic (exact) mass is 1310 g/mol. The van der Waals surface area contributed by atoms with Gasteiger partial charge in [-0.25, -0.2) is 24.2 Å². The van der Waals surface area contributed by atoms with Crippen molar-refractivity contribution in [2.24, 2.45) is 40.9 Å². The third-order valence-electron chi connectivity index (χ3n) is 10.4. The number of benzene rings is 7. The van der Waals surface area contributed by atoms with Crippen LogP contribution in [0.1, 0.15) is 0 Å². The Labute approximate surface area is 483 Å². The Bertz CT molecular complexity index is 4170. The number of nitrogens with zero attached hydrogens (tertiary/aromatic N) is 10. The molecule has 0 bridgehead atoms. The largest absolute Gasteiger partial charge is 0.505 e. The summed E-state index contributed by atoms with van der Waals surface area (Å²) in [4.78, 5) is 18.1. The molecule has 7 aromatic carbocycles. The molecule has 0 fully saturated rings. The molecule has 43 heteroatoms. The van der Waals surface area contributed by atoms with Crippen LogP contribution < -0.4 is 0 Å². The van der Waals surface area contributed by atoms with Crippen molar-refractivity contribution in [3.8, 4) is 23.0 Å². The summed E-state index contributed by atoms with van der Waals surface area (Å²) in [5, 5.41) is 135. The first-order valence-corrected chi connectivity index (χ1v) is 27.7. The first-order valence-electron chi connectivity index (χ1n) is 21.0. The van der Waals surface area contributed by atoms with Gasteiger partial charge in [0.25, 0.3) is 25.9 Å². The van der Waals surface area contributed by atoms with Crippen molar-refractivity contribution < 1.29 is 130 Å². The van der Waals surface area contributed by atoms with Gasteiger partial charge in [-0.15, -0.1) is 53.9 Å². The minimum Gasteiger partial charge on any atom is -0.505 e. The van der Waals surface area contributed by atoms with E-state index in [9.17, 15) is 75.0 Å². The van der Waals surface area contributed by atoms with E-state index in [1.807, 2.05) is 0 Å². The van der Waals surface area contributed by atoms with E-state index in [-0.39, 0.29) is 78.8 Å². The topological polar surface area (TPSA) is 534 Å². The molecule has 0 amide bonds. The van der Waals surface area contributed by atoms with Crippen LogP contribution in [0, 0.1) is 20.2 Å². The van der Waals surface area contributed by atoms with Crippen molar-refractivity contribution in [2.75, 3.05) is 12.4 Å². The fraction of sp³-hybridized carbons (Fsp3) is 0.0500. The van der Waals surface area contributed by atoms with Gasteiger partial charge in [-0.1, -0.05) is 21.2 Å². The maximum absolute atomic E-state index is 12.9. The zero-order valence-electron chi connectivity index (χ0n) is 39.8. The minimum atomic E-state index is -5.18. The molecule has 0 spiro atoms. The van der Waals surface area contributed by atoms with Crippen LogP contribution in [-0.2, 0) is 79.4 Å². The van der Waals surface area contributed by atoms with Crippen LogP contribution in [0.4, 0.5) is 56.9 Å². The van der Waals surface area contributed by atoms with E-state index in [0.29, 0.717) is 36.3 Å². The molecule has 0 unspecified atom stereocenters. The first-order chi connectivity index (χ1) is 38.9. The van der Waals surface area contributed by atoms with Gasteiger partial charge < -0.3 is 20.4 Å². The average molecular weight is 1310 g/mol. The number of azo groups is 4. The van der Waals surface area contributed by atoms with Crippen molar-refractivity contribution in [3.63, 3.8) is 0 Å². The molecule has 0 atom stereocenters. The average Bonchev–Trinajstić information content (AvgIpc) is 3.44. The number of non-ortho nitro benzene ring substituents is 1. The van der Waals surface area contributed by atoms with E-state index < -0.39 is 141 Å². The molecular formula is C40H28FeN10O26S6. The van der Waals surface area contributed by atoms with Crippen LogP contribution in [0.2, 0.25) is 0 Å². The van der Waals surface area contributed by atoms with Crippen molar-refractivity contribution in [2.45, 2.75) is 24.5 Å². The Morgan fingerprint density at radius 2 is 1.13 bits per heavy atom. The number of fused-ring (bicyclic) bond motifs is 2. The Morgan fingerprint density at radius 1 is 0.530 bits per heavy atom. The van der Waals surface area contributed by atoms with Gasteiger partial charge in [-0.05, 0) is 78.2 Å². The number of phenols is 4. The molecule has 7 rings (SSSR count). The van der Waals surface area contributed by atoms with E-state index in [0.717, 1.165) is 36.4 Å². The van der Waals surface area contributed by atoms with E-state index in [1.165, 1.54) is 30.3 Å². The molecule has 0 saturated carbocycles. The summed E-state index contributed by atoms with van der Waals surface area (Å²) in [6, 6.07) is 14.7. The zero-order chi connectivity index (χ0) is 59.7. The number of nitro groups is 2. The normalized spacial score (nSPS) is 12.4. The number of hydrogen-bond donors (Lipinski definition) is 9. The molecule has 83 heavy (non-hydrogen) atoms. The van der Waals surface area contributed by atoms with Gasteiger partial charge in [0.15, 0.2) is 39.3 Å². The second kappa shape index (κ2) is 27.7. The number of rotatable bonds is 25. The van der Waals surface area contributed by atoms with Crippen molar-refractivity contribution in [1.29, 1.82) is 0 Å². The Hall–Kier alpha value is -7.60. The predicted molar refractivity (Wildman–Crippen MR) is 275 cm³/mol. The number of phenolic OH excluding ortho intramolecular Hbond substituents is 4. The Kier molecular flexibility index (Phi) is 21.5. The summed E-state index contributed by atoms with van der Waals surface area (Å²) in [5.41, 5.74) is -6.17. The fourth-order valence-corrected chi connectivity index (χ4v) is 10.4. The van der Waals surface area contributed by atoms with Gasteiger partial charge in [0, 0.05) is 38.8 Å². The van der Waals surface area contributed by atoms with Crippen molar-refractivity contribution >= 4 is 145 Å². The van der Waals surface area contributed by atoms with Crippen LogP contribution in [0.5, 0.6) is 23.0 Å². The molecule has 7 aromatic rings. The molecule has 438 valence electrons. The summed E-state index contributed by atoms with van der Waals surface area (Å²) >= 11 is 0.748. The maximum atomic E-state index is 12.9. The SMILES string of the molecule is O=[N+]([O-])c1cc(N=Nc2c(O)ccc(N=Nc3cc(S(=O)(=O)O)cc4cc(SOOO)c(N=Nc5ccc(N=Nc6ccc(S(=O)(=O)CCOSOOO)cc6S(=O)(=O)O)c6ccc(SOOO)cc56)c(O)c34)c2O)c(O)c([N+](=O)[O-])c1.[Fe]. The summed E-state index contributed by atoms with van der Waals surface area (Å²) in [7, 11) is -14.6. The van der Waals surface area contributed by atoms with E-state index >= 15 is 0 Å². The van der Waals surface area contributed by atoms with Crippen molar-refractivity contribution in [3.05, 3.63) is 111 Å². The quantitative estimate of drug-likeness (QED) is 0.00375. The van der Waals surface area contributed by atoms with E-state index in [1.54, 1.807) is 0 Å². The second-order valence-corrected chi connectivity index (χ2v) is 22.2. The molecular weight excluding hydrogens is 1280 g/mol. The molecule has 0 aromatic heterocycles. The predicted octanol–water partition coefficient (Wildman–Crippen LogP) is 11.4. The number of nitro benzene ring substituents is 2. The molecule has 0 radical (unpaired) electrons. The van der Waals surface area contributed by atoms with Gasteiger partial charge in [-0.2, -0.15) is 16.8 Å². The van der Waals surface area contributed by atoms with Gasteiger partial charge in [0.2, 0.25) is 5.75 Å². The molecule has 0 heterocycles. The summed E-state index contributed by atoms with van der Waals surface area (Å²) in [6.07, 6.45) is 0. The minimum absolute atomic E-state index is 0. The van der Waals surface area contributed by atoms with E-state index in [2.05, 4.69) is 69.0 Å². The Balaban J connectivity index is 0.0000111. The first kappa shape index (κ1) is 64.6. The molecule has 0 aliphatic heterocycles. The van der Waals surface area contributed by atoms with E-state index in [4.69, 9.17) is 20.0 Å². The molecule has 9 N–H and O–H groups in total. The van der Waals surface area contributed by atoms with Crippen LogP contribution in [-0.4, -0.2) is 92.8 Å². The van der Waals surface area contributed by atoms with Crippen LogP contribution >= 0.6 is 36.4 Å². The van der Waals surface area contributed by atoms with Crippen LogP contribution in [0.25, 0.3) is 21.5 Å².